The summed E-state index contributed by atoms with van der Waals surface area (Å²) in [5.74, 6) is -0.238. The van der Waals surface area contributed by atoms with Gasteiger partial charge in [0, 0.05) is 0 Å². The van der Waals surface area contributed by atoms with Crippen LogP contribution in [0.4, 0.5) is 5.13 Å². The molecule has 2 aromatic rings. The summed E-state index contributed by atoms with van der Waals surface area (Å²) >= 11 is 2.62. The fourth-order valence-electron chi connectivity index (χ4n) is 1.85. The van der Waals surface area contributed by atoms with Gasteiger partial charge in [0.2, 0.25) is 5.13 Å². The number of rotatable bonds is 6. The van der Waals surface area contributed by atoms with Crippen LogP contribution in [0.15, 0.2) is 28.6 Å². The minimum atomic E-state index is -0.348. The van der Waals surface area contributed by atoms with E-state index in [0.717, 1.165) is 5.56 Å². The van der Waals surface area contributed by atoms with Crippen LogP contribution in [-0.4, -0.2) is 28.0 Å². The van der Waals surface area contributed by atoms with Gasteiger partial charge in [-0.2, -0.15) is 0 Å². The van der Waals surface area contributed by atoms with Crippen molar-refractivity contribution in [3.05, 3.63) is 35.4 Å². The maximum atomic E-state index is 12.1. The number of hydrogen-bond donors (Lipinski definition) is 1. The molecule has 0 unspecified atom stereocenters. The molecule has 0 bridgehead atoms. The van der Waals surface area contributed by atoms with Crippen LogP contribution < -0.4 is 5.73 Å². The molecule has 112 valence electrons. The van der Waals surface area contributed by atoms with Gasteiger partial charge in [-0.3, -0.25) is 4.79 Å². The summed E-state index contributed by atoms with van der Waals surface area (Å²) in [5.41, 5.74) is 7.84. The van der Waals surface area contributed by atoms with Crippen LogP contribution >= 0.6 is 23.1 Å². The summed E-state index contributed by atoms with van der Waals surface area (Å²) in [6.45, 7) is 4.19. The molecule has 0 amide bonds. The largest absolute Gasteiger partial charge is 0.465 e. The van der Waals surface area contributed by atoms with Crippen molar-refractivity contribution < 1.29 is 9.53 Å². The number of carbonyl (C=O) groups is 1. The van der Waals surface area contributed by atoms with E-state index >= 15 is 0 Å². The first-order valence-corrected chi connectivity index (χ1v) is 8.26. The van der Waals surface area contributed by atoms with Gasteiger partial charge in [0.05, 0.1) is 6.61 Å². The molecule has 0 spiro atoms. The van der Waals surface area contributed by atoms with Crippen molar-refractivity contribution in [2.75, 3.05) is 12.3 Å². The molecule has 1 heterocycles. The summed E-state index contributed by atoms with van der Waals surface area (Å²) in [6, 6.07) is 8.09. The van der Waals surface area contributed by atoms with Gasteiger partial charge in [-0.1, -0.05) is 52.9 Å². The van der Waals surface area contributed by atoms with Crippen molar-refractivity contribution in [1.29, 1.82) is 0 Å². The lowest BCUT2D eigenvalue weighted by Gasteiger charge is -2.14. The van der Waals surface area contributed by atoms with E-state index in [-0.39, 0.29) is 11.2 Å². The lowest BCUT2D eigenvalue weighted by Crippen LogP contribution is -2.22. The molecule has 1 aromatic heterocycles. The van der Waals surface area contributed by atoms with Crippen LogP contribution in [0.5, 0.6) is 0 Å². The third-order valence-electron chi connectivity index (χ3n) is 2.72. The number of benzene rings is 1. The van der Waals surface area contributed by atoms with Gasteiger partial charge in [-0.25, -0.2) is 0 Å². The van der Waals surface area contributed by atoms with Gasteiger partial charge < -0.3 is 10.5 Å². The standard InChI is InChI=1S/C14H17N3O2S2/c1-3-19-12(18)11(20-14-17-16-13(15)21-14)8-10-6-4-5-9(2)7-10/h4-7,11H,3,8H2,1-2H3,(H2,15,16)/t11-/m1/s1. The lowest BCUT2D eigenvalue weighted by atomic mass is 10.1. The number of aryl methyl sites for hydroxylation is 1. The first-order chi connectivity index (χ1) is 10.1. The Hall–Kier alpha value is -1.60. The summed E-state index contributed by atoms with van der Waals surface area (Å²) < 4.78 is 5.83. The van der Waals surface area contributed by atoms with Crippen LogP contribution in [-0.2, 0) is 16.0 Å². The molecule has 1 aromatic carbocycles. The van der Waals surface area contributed by atoms with E-state index in [1.165, 1.54) is 28.7 Å². The predicted molar refractivity (Wildman–Crippen MR) is 85.5 cm³/mol. The fraction of sp³-hybridized carbons (Fsp3) is 0.357. The van der Waals surface area contributed by atoms with Gasteiger partial charge in [-0.15, -0.1) is 10.2 Å². The van der Waals surface area contributed by atoms with Crippen LogP contribution in [0.2, 0.25) is 0 Å². The molecule has 0 aliphatic rings. The topological polar surface area (TPSA) is 78.1 Å². The van der Waals surface area contributed by atoms with Gasteiger partial charge in [0.15, 0.2) is 4.34 Å². The Morgan fingerprint density at radius 1 is 1.48 bits per heavy atom. The predicted octanol–water partition coefficient (Wildman–Crippen LogP) is 2.70. The highest BCUT2D eigenvalue weighted by molar-refractivity contribution is 8.02. The molecule has 0 saturated carbocycles. The maximum Gasteiger partial charge on any atom is 0.319 e. The third kappa shape index (κ3) is 4.71. The zero-order chi connectivity index (χ0) is 15.2. The summed E-state index contributed by atoms with van der Waals surface area (Å²) in [6.07, 6.45) is 0.588. The minimum Gasteiger partial charge on any atom is -0.465 e. The Balaban J connectivity index is 2.13. The van der Waals surface area contributed by atoms with Crippen LogP contribution in [0.1, 0.15) is 18.1 Å². The molecule has 7 heteroatoms. The number of nitrogens with zero attached hydrogens (tertiary/aromatic N) is 2. The molecule has 0 aliphatic carbocycles. The van der Waals surface area contributed by atoms with Crippen LogP contribution in [0.25, 0.3) is 0 Å². The normalized spacial score (nSPS) is 12.1. The number of hydrogen-bond acceptors (Lipinski definition) is 7. The van der Waals surface area contributed by atoms with Gasteiger partial charge in [-0.05, 0) is 25.8 Å². The smallest absolute Gasteiger partial charge is 0.319 e. The van der Waals surface area contributed by atoms with Gasteiger partial charge in [0.25, 0.3) is 0 Å². The number of aromatic nitrogens is 2. The van der Waals surface area contributed by atoms with E-state index in [1.54, 1.807) is 6.92 Å². The van der Waals surface area contributed by atoms with E-state index in [4.69, 9.17) is 10.5 Å². The fourth-order valence-corrected chi connectivity index (χ4v) is 3.76. The molecule has 5 nitrogen and oxygen atoms in total. The molecule has 0 fully saturated rings. The van der Waals surface area contributed by atoms with Crippen molar-refractivity contribution in [3.63, 3.8) is 0 Å². The molecule has 21 heavy (non-hydrogen) atoms. The molecular weight excluding hydrogens is 306 g/mol. The molecule has 2 rings (SSSR count). The number of carbonyl (C=O) groups excluding carboxylic acids is 1. The second-order valence-electron chi connectivity index (χ2n) is 4.46. The third-order valence-corrected chi connectivity index (χ3v) is 4.73. The van der Waals surface area contributed by atoms with E-state index in [1.807, 2.05) is 25.1 Å². The Bertz CT molecular complexity index is 616. The average molecular weight is 323 g/mol. The summed E-state index contributed by atoms with van der Waals surface area (Å²) in [4.78, 5) is 12.1. The second-order valence-corrected chi connectivity index (χ2v) is 6.92. The van der Waals surface area contributed by atoms with E-state index < -0.39 is 0 Å². The van der Waals surface area contributed by atoms with Crippen LogP contribution in [0, 0.1) is 6.92 Å². The number of anilines is 1. The summed E-state index contributed by atoms with van der Waals surface area (Å²) in [7, 11) is 0. The van der Waals surface area contributed by atoms with Gasteiger partial charge >= 0.3 is 5.97 Å². The van der Waals surface area contributed by atoms with Crippen molar-refractivity contribution in [3.8, 4) is 0 Å². The lowest BCUT2D eigenvalue weighted by molar-refractivity contribution is -0.142. The van der Waals surface area contributed by atoms with Crippen molar-refractivity contribution in [2.45, 2.75) is 29.9 Å². The molecule has 0 radical (unpaired) electrons. The molecule has 2 N–H and O–H groups in total. The van der Waals surface area contributed by atoms with E-state index in [0.29, 0.717) is 22.5 Å². The monoisotopic (exact) mass is 323 g/mol. The number of nitrogens with two attached hydrogens (primary N) is 1. The number of esters is 1. The molecule has 0 aliphatic heterocycles. The highest BCUT2D eigenvalue weighted by atomic mass is 32.2. The average Bonchev–Trinajstić information content (AvgIpc) is 2.84. The van der Waals surface area contributed by atoms with Crippen molar-refractivity contribution in [2.24, 2.45) is 0 Å². The van der Waals surface area contributed by atoms with E-state index in [9.17, 15) is 4.79 Å². The zero-order valence-corrected chi connectivity index (χ0v) is 13.5. The van der Waals surface area contributed by atoms with Gasteiger partial charge in [0.1, 0.15) is 5.25 Å². The van der Waals surface area contributed by atoms with E-state index in [2.05, 4.69) is 16.3 Å². The van der Waals surface area contributed by atoms with Crippen LogP contribution in [0.3, 0.4) is 0 Å². The highest BCUT2D eigenvalue weighted by Gasteiger charge is 2.23. The highest BCUT2D eigenvalue weighted by Crippen LogP contribution is 2.30. The summed E-state index contributed by atoms with van der Waals surface area (Å²) in [5, 5.41) is 7.78. The second kappa shape index (κ2) is 7.42. The number of ether oxygens (including phenoxy) is 1. The SMILES string of the molecule is CCOC(=O)[C@@H](Cc1cccc(C)c1)Sc1nnc(N)s1. The Morgan fingerprint density at radius 2 is 2.29 bits per heavy atom. The Morgan fingerprint density at radius 3 is 2.90 bits per heavy atom. The minimum absolute atomic E-state index is 0.238. The first-order valence-electron chi connectivity index (χ1n) is 6.56. The van der Waals surface area contributed by atoms with Crippen molar-refractivity contribution in [1.82, 2.24) is 10.2 Å². The Kier molecular flexibility index (Phi) is 5.58. The molecular formula is C14H17N3O2S2. The molecule has 0 saturated heterocycles. The Labute approximate surface area is 131 Å². The van der Waals surface area contributed by atoms with Crippen molar-refractivity contribution >= 4 is 34.2 Å². The quantitative estimate of drug-likeness (QED) is 0.650. The first kappa shape index (κ1) is 15.8. The zero-order valence-electron chi connectivity index (χ0n) is 11.9. The maximum absolute atomic E-state index is 12.1. The number of thioether (sulfide) groups is 1. The number of nitrogen functional groups attached to an aromatic ring is 1. The molecule has 1 atom stereocenters.